The number of aliphatic carboxylic acids is 1. The summed E-state index contributed by atoms with van der Waals surface area (Å²) >= 11 is 0. The first kappa shape index (κ1) is 56.8. The van der Waals surface area contributed by atoms with Gasteiger partial charge in [-0.3, -0.25) is 23.4 Å². The Balaban J connectivity index is 4.63. The molecule has 0 fully saturated rings. The van der Waals surface area contributed by atoms with E-state index in [4.69, 9.17) is 24.8 Å². The van der Waals surface area contributed by atoms with Crippen LogP contribution in [0.5, 0.6) is 0 Å². The molecular weight excluding hydrogens is 789 g/mol. The lowest BCUT2D eigenvalue weighted by atomic mass is 10.1. The molecule has 1 unspecified atom stereocenters. The average Bonchev–Trinajstić information content (AvgIpc) is 3.21. The van der Waals surface area contributed by atoms with Crippen LogP contribution in [0, 0.1) is 0 Å². The van der Waals surface area contributed by atoms with E-state index in [1.54, 1.807) is 36.5 Å². The van der Waals surface area contributed by atoms with Crippen LogP contribution in [0.15, 0.2) is 72.9 Å². The normalized spacial score (nSPS) is 15.4. The van der Waals surface area contributed by atoms with Gasteiger partial charge in [0.05, 0.1) is 25.4 Å². The Morgan fingerprint density at radius 2 is 1.13 bits per heavy atom. The van der Waals surface area contributed by atoms with Crippen molar-refractivity contribution in [2.24, 2.45) is 5.73 Å². The number of ether oxygens (including phenoxy) is 2. The highest BCUT2D eigenvalue weighted by Gasteiger charge is 2.28. The fourth-order valence-electron chi connectivity index (χ4n) is 5.52. The minimum atomic E-state index is -4.79. The maximum atomic E-state index is 12.6. The van der Waals surface area contributed by atoms with Gasteiger partial charge >= 0.3 is 25.7 Å². The summed E-state index contributed by atoms with van der Waals surface area (Å²) in [5, 5.41) is 29.2. The lowest BCUT2D eigenvalue weighted by Gasteiger charge is -2.20. The van der Waals surface area contributed by atoms with E-state index in [1.807, 2.05) is 6.08 Å². The van der Waals surface area contributed by atoms with Gasteiger partial charge in [0, 0.05) is 12.8 Å². The summed E-state index contributed by atoms with van der Waals surface area (Å²) in [6, 6.07) is -1.57. The smallest absolute Gasteiger partial charge is 0.472 e. The fraction of sp³-hybridized carbons (Fsp3) is 0.674. The number of unbranched alkanes of at least 4 members (excludes halogenated alkanes) is 13. The monoisotopic (exact) mass is 868 g/mol. The van der Waals surface area contributed by atoms with Gasteiger partial charge in [-0.05, 0) is 70.6 Å². The molecular formula is C46H78NO12P. The van der Waals surface area contributed by atoms with Crippen molar-refractivity contribution in [2.75, 3.05) is 19.8 Å². The Labute approximate surface area is 360 Å². The molecule has 0 spiro atoms. The van der Waals surface area contributed by atoms with E-state index in [1.165, 1.54) is 32.1 Å². The maximum absolute atomic E-state index is 12.6. The van der Waals surface area contributed by atoms with Crippen molar-refractivity contribution < 1.29 is 57.7 Å². The molecule has 6 N–H and O–H groups in total. The standard InChI is InChI=1S/C46H78NO12P/c1-3-5-7-9-11-12-13-14-15-16-17-18-19-20-21-23-29-35-44(50)56-37-42(38-57-60(54,55)58-39-43(47)46(52)53)59-45(51)36-30-34-41(49)33-28-25-24-27-32-40(48)31-26-22-10-8-6-4-2/h11-12,14-15,22,24-28,32-33,40-43,48-49H,3-10,13,16-21,23,29-31,34-39,47H2,1-2H3,(H,52,53)(H,54,55)/b12-11-,15-14-,25-24+,26-22-,32-27+,33-28-/t40-,41-,42+,43-/m0/s1. The molecule has 0 saturated heterocycles. The molecule has 13 nitrogen and oxygen atoms in total. The number of phosphoric acid groups is 1. The summed E-state index contributed by atoms with van der Waals surface area (Å²) in [7, 11) is -4.79. The van der Waals surface area contributed by atoms with E-state index < -0.39 is 69.9 Å². The molecule has 0 rings (SSSR count). The van der Waals surface area contributed by atoms with Crippen LogP contribution in [0.25, 0.3) is 0 Å². The van der Waals surface area contributed by atoms with E-state index in [-0.39, 0.29) is 25.7 Å². The molecule has 0 aromatic carbocycles. The van der Waals surface area contributed by atoms with E-state index in [0.29, 0.717) is 12.8 Å². The fourth-order valence-corrected chi connectivity index (χ4v) is 6.30. The number of carboxylic acid groups (broad SMARTS) is 1. The van der Waals surface area contributed by atoms with Crippen LogP contribution in [0.2, 0.25) is 0 Å². The zero-order valence-electron chi connectivity index (χ0n) is 36.5. The molecule has 0 aliphatic heterocycles. The zero-order valence-corrected chi connectivity index (χ0v) is 37.4. The van der Waals surface area contributed by atoms with E-state index in [9.17, 15) is 34.1 Å². The van der Waals surface area contributed by atoms with Crippen molar-refractivity contribution in [2.45, 2.75) is 179 Å². The summed E-state index contributed by atoms with van der Waals surface area (Å²) < 4.78 is 32.5. The highest BCUT2D eigenvalue weighted by atomic mass is 31.2. The molecule has 0 heterocycles. The zero-order chi connectivity index (χ0) is 44.5. The summed E-state index contributed by atoms with van der Waals surface area (Å²) in [4.78, 5) is 46.0. The number of carbonyl (C=O) groups is 3. The molecule has 0 aliphatic carbocycles. The molecule has 344 valence electrons. The summed E-state index contributed by atoms with van der Waals surface area (Å²) in [6.45, 7) is 2.45. The molecule has 0 aromatic heterocycles. The second kappa shape index (κ2) is 39.9. The van der Waals surface area contributed by atoms with Crippen molar-refractivity contribution in [1.29, 1.82) is 0 Å². The summed E-state index contributed by atoms with van der Waals surface area (Å²) in [5.74, 6) is -2.67. The number of rotatable bonds is 40. The van der Waals surface area contributed by atoms with Crippen LogP contribution < -0.4 is 5.73 Å². The molecule has 0 aliphatic rings. The Morgan fingerprint density at radius 1 is 0.617 bits per heavy atom. The number of aliphatic hydroxyl groups is 2. The van der Waals surface area contributed by atoms with Gasteiger partial charge in [-0.2, -0.15) is 0 Å². The Hall–Kier alpha value is -3.16. The third kappa shape index (κ3) is 39.0. The Kier molecular flexibility index (Phi) is 37.8. The largest absolute Gasteiger partial charge is 0.480 e. The minimum Gasteiger partial charge on any atom is -0.480 e. The number of esters is 2. The number of aliphatic hydroxyl groups excluding tert-OH is 2. The van der Waals surface area contributed by atoms with Crippen LogP contribution in [0.4, 0.5) is 0 Å². The van der Waals surface area contributed by atoms with Gasteiger partial charge in [-0.15, -0.1) is 0 Å². The third-order valence-corrected chi connectivity index (χ3v) is 10.1. The van der Waals surface area contributed by atoms with E-state index in [2.05, 4.69) is 48.8 Å². The first-order chi connectivity index (χ1) is 28.9. The van der Waals surface area contributed by atoms with Crippen LogP contribution in [0.3, 0.4) is 0 Å². The number of phosphoric ester groups is 1. The lowest BCUT2D eigenvalue weighted by Crippen LogP contribution is -2.34. The number of hydrogen-bond acceptors (Lipinski definition) is 11. The molecule has 0 bridgehead atoms. The predicted molar refractivity (Wildman–Crippen MR) is 238 cm³/mol. The number of hydrogen-bond donors (Lipinski definition) is 5. The second-order valence-electron chi connectivity index (χ2n) is 14.9. The highest BCUT2D eigenvalue weighted by Crippen LogP contribution is 2.43. The minimum absolute atomic E-state index is 0.104. The van der Waals surface area contributed by atoms with Crippen molar-refractivity contribution in [3.63, 3.8) is 0 Å². The Bertz CT molecular complexity index is 1330. The predicted octanol–water partition coefficient (Wildman–Crippen LogP) is 9.67. The lowest BCUT2D eigenvalue weighted by molar-refractivity contribution is -0.161. The van der Waals surface area contributed by atoms with Crippen molar-refractivity contribution in [3.8, 4) is 0 Å². The molecule has 0 saturated carbocycles. The van der Waals surface area contributed by atoms with Gasteiger partial charge in [0.2, 0.25) is 0 Å². The van der Waals surface area contributed by atoms with Gasteiger partial charge in [0.1, 0.15) is 12.6 Å². The molecule has 0 radical (unpaired) electrons. The van der Waals surface area contributed by atoms with Crippen molar-refractivity contribution >= 4 is 25.7 Å². The quantitative estimate of drug-likeness (QED) is 0.0128. The molecule has 60 heavy (non-hydrogen) atoms. The molecule has 0 aromatic rings. The summed E-state index contributed by atoms with van der Waals surface area (Å²) in [5.41, 5.74) is 5.32. The number of allylic oxidation sites excluding steroid dienone is 9. The highest BCUT2D eigenvalue weighted by molar-refractivity contribution is 7.47. The number of nitrogens with two attached hydrogens (primary N) is 1. The van der Waals surface area contributed by atoms with Gasteiger partial charge < -0.3 is 35.4 Å². The third-order valence-electron chi connectivity index (χ3n) is 9.12. The van der Waals surface area contributed by atoms with Crippen molar-refractivity contribution in [1.82, 2.24) is 0 Å². The van der Waals surface area contributed by atoms with Crippen LogP contribution in [-0.4, -0.2) is 82.3 Å². The maximum Gasteiger partial charge on any atom is 0.472 e. The average molecular weight is 868 g/mol. The first-order valence-electron chi connectivity index (χ1n) is 22.2. The van der Waals surface area contributed by atoms with Crippen LogP contribution in [-0.2, 0) is 37.5 Å². The van der Waals surface area contributed by atoms with Crippen LogP contribution >= 0.6 is 7.82 Å². The van der Waals surface area contributed by atoms with Gasteiger partial charge in [-0.1, -0.05) is 145 Å². The number of carbonyl (C=O) groups excluding carboxylic acids is 2. The topological polar surface area (TPSA) is 212 Å². The Morgan fingerprint density at radius 3 is 1.73 bits per heavy atom. The van der Waals surface area contributed by atoms with Crippen LogP contribution in [0.1, 0.15) is 155 Å². The van der Waals surface area contributed by atoms with E-state index >= 15 is 0 Å². The van der Waals surface area contributed by atoms with E-state index in [0.717, 1.165) is 70.6 Å². The van der Waals surface area contributed by atoms with Gasteiger partial charge in [-0.25, -0.2) is 4.57 Å². The molecule has 5 atom stereocenters. The summed E-state index contributed by atoms with van der Waals surface area (Å²) in [6.07, 6.45) is 40.2. The number of carboxylic acids is 1. The SMILES string of the molecule is CCCCC/C=C\C/C=C\CCCCCCCCCC(=O)OC[C@H](COP(=O)(O)OC[C@H](N)C(=O)O)OC(=O)CCC[C@@H](O)\C=C/C=C/C=C/[C@@H](O)C/C=C\CCCCC. The molecule has 0 amide bonds. The first-order valence-corrected chi connectivity index (χ1v) is 23.7. The second-order valence-corrected chi connectivity index (χ2v) is 16.3. The van der Waals surface area contributed by atoms with Gasteiger partial charge in [0.25, 0.3) is 0 Å². The van der Waals surface area contributed by atoms with Crippen molar-refractivity contribution in [3.05, 3.63) is 72.9 Å². The molecule has 14 heteroatoms. The van der Waals surface area contributed by atoms with Gasteiger partial charge in [0.15, 0.2) is 6.10 Å².